The van der Waals surface area contributed by atoms with Crippen LogP contribution in [0.1, 0.15) is 24.1 Å². The molecule has 0 aliphatic carbocycles. The summed E-state index contributed by atoms with van der Waals surface area (Å²) in [5.74, 6) is 0.333. The molecule has 1 aliphatic heterocycles. The number of phenolic OH excluding ortho intramolecular Hbond substituents is 1. The first-order valence-electron chi connectivity index (χ1n) is 8.62. The molecule has 0 atom stereocenters. The van der Waals surface area contributed by atoms with E-state index in [-0.39, 0.29) is 0 Å². The maximum Gasteiger partial charge on any atom is 0.200 e. The van der Waals surface area contributed by atoms with Crippen molar-refractivity contribution in [2.75, 3.05) is 18.4 Å². The Balaban J connectivity index is 1.38. The molecule has 4 rings (SSSR count). The molecule has 0 saturated carbocycles. The summed E-state index contributed by atoms with van der Waals surface area (Å²) >= 11 is 0. The standard InChI is InChI=1S/C18H22N6O/c1-13-9-17(18-21-19-12-24(18)22-13)20-15-5-7-23(8-6-15)11-14-3-2-4-16(25)10-14/h2-4,9-10,12,15,20,25H,5-8,11H2,1H3. The summed E-state index contributed by atoms with van der Waals surface area (Å²) in [6.07, 6.45) is 3.77. The number of fused-ring (bicyclic) bond motifs is 1. The molecule has 3 aromatic rings. The van der Waals surface area contributed by atoms with Gasteiger partial charge in [0.25, 0.3) is 0 Å². The molecule has 0 bridgehead atoms. The molecule has 130 valence electrons. The molecule has 1 aromatic carbocycles. The van der Waals surface area contributed by atoms with E-state index in [9.17, 15) is 5.11 Å². The minimum absolute atomic E-state index is 0.333. The van der Waals surface area contributed by atoms with Gasteiger partial charge in [0.15, 0.2) is 0 Å². The lowest BCUT2D eigenvalue weighted by atomic mass is 10.0. The summed E-state index contributed by atoms with van der Waals surface area (Å²) in [4.78, 5) is 2.43. The average molecular weight is 338 g/mol. The van der Waals surface area contributed by atoms with Gasteiger partial charge in [-0.25, -0.2) is 0 Å². The molecule has 1 aliphatic rings. The van der Waals surface area contributed by atoms with Gasteiger partial charge in [0.1, 0.15) is 12.1 Å². The van der Waals surface area contributed by atoms with Crippen LogP contribution >= 0.6 is 0 Å². The zero-order valence-corrected chi connectivity index (χ0v) is 14.3. The van der Waals surface area contributed by atoms with Crippen molar-refractivity contribution in [2.45, 2.75) is 32.4 Å². The van der Waals surface area contributed by atoms with Gasteiger partial charge < -0.3 is 10.4 Å². The molecule has 25 heavy (non-hydrogen) atoms. The summed E-state index contributed by atoms with van der Waals surface area (Å²) in [6, 6.07) is 9.96. The van der Waals surface area contributed by atoms with Crippen LogP contribution in [0.2, 0.25) is 0 Å². The number of aryl methyl sites for hydroxylation is 1. The lowest BCUT2D eigenvalue weighted by Gasteiger charge is -2.32. The van der Waals surface area contributed by atoms with Gasteiger partial charge in [-0.3, -0.25) is 4.90 Å². The van der Waals surface area contributed by atoms with E-state index < -0.39 is 0 Å². The first-order valence-corrected chi connectivity index (χ1v) is 8.62. The van der Waals surface area contributed by atoms with Crippen molar-refractivity contribution in [1.29, 1.82) is 0 Å². The summed E-state index contributed by atoms with van der Waals surface area (Å²) < 4.78 is 1.72. The topological polar surface area (TPSA) is 78.6 Å². The van der Waals surface area contributed by atoms with Crippen LogP contribution in [0.4, 0.5) is 5.69 Å². The Morgan fingerprint density at radius 2 is 2.08 bits per heavy atom. The smallest absolute Gasteiger partial charge is 0.200 e. The van der Waals surface area contributed by atoms with E-state index in [0.29, 0.717) is 11.8 Å². The van der Waals surface area contributed by atoms with Crippen LogP contribution in [0, 0.1) is 6.92 Å². The van der Waals surface area contributed by atoms with E-state index in [1.165, 1.54) is 0 Å². The van der Waals surface area contributed by atoms with Gasteiger partial charge in [0, 0.05) is 25.7 Å². The normalized spacial score (nSPS) is 16.4. The maximum absolute atomic E-state index is 9.59. The Kier molecular flexibility index (Phi) is 4.23. The van der Waals surface area contributed by atoms with Crippen molar-refractivity contribution in [3.05, 3.63) is 47.9 Å². The minimum Gasteiger partial charge on any atom is -0.508 e. The lowest BCUT2D eigenvalue weighted by Crippen LogP contribution is -2.38. The molecule has 0 amide bonds. The highest BCUT2D eigenvalue weighted by Crippen LogP contribution is 2.21. The molecule has 0 unspecified atom stereocenters. The van der Waals surface area contributed by atoms with E-state index in [1.54, 1.807) is 16.9 Å². The zero-order valence-electron chi connectivity index (χ0n) is 14.3. The summed E-state index contributed by atoms with van der Waals surface area (Å²) in [5, 5.41) is 25.7. The van der Waals surface area contributed by atoms with Crippen LogP contribution in [-0.2, 0) is 6.54 Å². The zero-order chi connectivity index (χ0) is 17.2. The molecule has 0 spiro atoms. The molecular weight excluding hydrogens is 316 g/mol. The third kappa shape index (κ3) is 3.56. The number of hydrogen-bond acceptors (Lipinski definition) is 6. The first-order chi connectivity index (χ1) is 12.2. The number of nitrogens with zero attached hydrogens (tertiary/aromatic N) is 5. The molecule has 0 radical (unpaired) electrons. The second-order valence-electron chi connectivity index (χ2n) is 6.66. The fourth-order valence-corrected chi connectivity index (χ4v) is 3.43. The number of phenols is 1. The van der Waals surface area contributed by atoms with Gasteiger partial charge in [-0.2, -0.15) is 9.61 Å². The number of benzene rings is 1. The average Bonchev–Trinajstić information content (AvgIpc) is 3.05. The van der Waals surface area contributed by atoms with Gasteiger partial charge >= 0.3 is 0 Å². The van der Waals surface area contributed by atoms with E-state index in [4.69, 9.17) is 0 Å². The molecule has 1 fully saturated rings. The third-order valence-electron chi connectivity index (χ3n) is 4.65. The predicted octanol–water partition coefficient (Wildman–Crippen LogP) is 2.21. The number of aromatic nitrogens is 4. The summed E-state index contributed by atoms with van der Waals surface area (Å²) in [6.45, 7) is 4.91. The van der Waals surface area contributed by atoms with Crippen molar-refractivity contribution in [3.8, 4) is 5.75 Å². The number of anilines is 1. The molecule has 7 heteroatoms. The molecular formula is C18H22N6O. The van der Waals surface area contributed by atoms with Gasteiger partial charge in [-0.15, -0.1) is 10.2 Å². The fourth-order valence-electron chi connectivity index (χ4n) is 3.43. The number of hydrogen-bond donors (Lipinski definition) is 2. The fraction of sp³-hybridized carbons (Fsp3) is 0.389. The van der Waals surface area contributed by atoms with Crippen molar-refractivity contribution in [1.82, 2.24) is 24.7 Å². The number of aromatic hydroxyl groups is 1. The number of likely N-dealkylation sites (tertiary alicyclic amines) is 1. The van der Waals surface area contributed by atoms with Crippen LogP contribution in [0.25, 0.3) is 5.65 Å². The third-order valence-corrected chi connectivity index (χ3v) is 4.65. The van der Waals surface area contributed by atoms with Crippen LogP contribution in [-0.4, -0.2) is 48.9 Å². The summed E-state index contributed by atoms with van der Waals surface area (Å²) in [7, 11) is 0. The minimum atomic E-state index is 0.333. The lowest BCUT2D eigenvalue weighted by molar-refractivity contribution is 0.211. The van der Waals surface area contributed by atoms with E-state index >= 15 is 0 Å². The summed E-state index contributed by atoms with van der Waals surface area (Å²) in [5.41, 5.74) is 3.86. The van der Waals surface area contributed by atoms with Gasteiger partial charge in [0.2, 0.25) is 5.65 Å². The largest absolute Gasteiger partial charge is 0.508 e. The van der Waals surface area contributed by atoms with E-state index in [2.05, 4.69) is 31.6 Å². The number of piperidine rings is 1. The van der Waals surface area contributed by atoms with E-state index in [0.717, 1.165) is 55.1 Å². The highest BCUT2D eigenvalue weighted by atomic mass is 16.3. The highest BCUT2D eigenvalue weighted by molar-refractivity contribution is 5.66. The van der Waals surface area contributed by atoms with Crippen LogP contribution in [0.3, 0.4) is 0 Å². The van der Waals surface area contributed by atoms with E-state index in [1.807, 2.05) is 25.1 Å². The second kappa shape index (κ2) is 6.68. The molecule has 2 N–H and O–H groups in total. The van der Waals surface area contributed by atoms with Crippen LogP contribution < -0.4 is 5.32 Å². The van der Waals surface area contributed by atoms with Gasteiger partial charge in [0.05, 0.1) is 11.4 Å². The highest BCUT2D eigenvalue weighted by Gasteiger charge is 2.20. The Labute approximate surface area is 146 Å². The number of nitrogens with one attached hydrogen (secondary N) is 1. The van der Waals surface area contributed by atoms with Gasteiger partial charge in [-0.05, 0) is 43.5 Å². The van der Waals surface area contributed by atoms with Crippen LogP contribution in [0.5, 0.6) is 5.75 Å². The van der Waals surface area contributed by atoms with Crippen molar-refractivity contribution < 1.29 is 5.11 Å². The van der Waals surface area contributed by atoms with Crippen molar-refractivity contribution >= 4 is 11.3 Å². The molecule has 7 nitrogen and oxygen atoms in total. The predicted molar refractivity (Wildman–Crippen MR) is 95.5 cm³/mol. The first kappa shape index (κ1) is 15.8. The Morgan fingerprint density at radius 1 is 1.24 bits per heavy atom. The Morgan fingerprint density at radius 3 is 2.88 bits per heavy atom. The number of rotatable bonds is 4. The monoisotopic (exact) mass is 338 g/mol. The van der Waals surface area contributed by atoms with Crippen LogP contribution in [0.15, 0.2) is 36.7 Å². The maximum atomic E-state index is 9.59. The Hall–Kier alpha value is -2.67. The van der Waals surface area contributed by atoms with Gasteiger partial charge in [-0.1, -0.05) is 12.1 Å². The molecule has 1 saturated heterocycles. The quantitative estimate of drug-likeness (QED) is 0.759. The van der Waals surface area contributed by atoms with Crippen molar-refractivity contribution in [3.63, 3.8) is 0 Å². The Bertz CT molecular complexity index is 869. The molecule has 2 aromatic heterocycles. The second-order valence-corrected chi connectivity index (χ2v) is 6.66. The van der Waals surface area contributed by atoms with Crippen molar-refractivity contribution in [2.24, 2.45) is 0 Å². The SMILES string of the molecule is Cc1cc(NC2CCN(Cc3cccc(O)c3)CC2)c2nncn2n1. The molecule has 3 heterocycles.